The second-order valence-corrected chi connectivity index (χ2v) is 5.60. The fourth-order valence-corrected chi connectivity index (χ4v) is 1.75. The number of carbonyl (C=O) groups excluding carboxylic acids is 1. The molecule has 0 fully saturated rings. The zero-order valence-corrected chi connectivity index (χ0v) is 11.5. The number of halogens is 3. The Bertz CT molecular complexity index is 473. The maximum absolute atomic E-state index is 12.1. The molecule has 0 unspecified atom stereocenters. The van der Waals surface area contributed by atoms with E-state index in [9.17, 15) is 18.0 Å². The molecule has 1 amide bonds. The van der Waals surface area contributed by atoms with Crippen LogP contribution in [0.15, 0.2) is 18.2 Å². The minimum atomic E-state index is -4.40. The van der Waals surface area contributed by atoms with Crippen molar-refractivity contribution in [1.82, 2.24) is 5.32 Å². The molecule has 5 heteroatoms. The molecule has 106 valence electrons. The normalized spacial score (nSPS) is 12.4. The van der Waals surface area contributed by atoms with Crippen LogP contribution >= 0.6 is 0 Å². The first-order chi connectivity index (χ1) is 8.50. The van der Waals surface area contributed by atoms with Crippen molar-refractivity contribution in [2.24, 2.45) is 0 Å². The summed E-state index contributed by atoms with van der Waals surface area (Å²) in [5.74, 6) is -0.692. The van der Waals surface area contributed by atoms with E-state index in [1.807, 2.05) is 39.1 Å². The smallest absolute Gasteiger partial charge is 0.343 e. The van der Waals surface area contributed by atoms with Crippen LogP contribution in [0.3, 0.4) is 0 Å². The van der Waals surface area contributed by atoms with Crippen molar-refractivity contribution in [3.8, 4) is 0 Å². The number of nitrogens with one attached hydrogen (secondary N) is 1. The van der Waals surface area contributed by atoms with E-state index in [0.717, 1.165) is 11.1 Å². The SMILES string of the molecule is Cc1ccc(C(=O)NCC(F)(F)F)c(C(C)(C)C)c1. The van der Waals surface area contributed by atoms with Crippen LogP contribution in [0.1, 0.15) is 42.3 Å². The second-order valence-electron chi connectivity index (χ2n) is 5.60. The standard InChI is InChI=1S/C14H18F3NO/c1-9-5-6-10(11(7-9)13(2,3)4)12(19)18-8-14(15,16)17/h5-7H,8H2,1-4H3,(H,18,19). The summed E-state index contributed by atoms with van der Waals surface area (Å²) in [4.78, 5) is 11.9. The highest BCUT2D eigenvalue weighted by molar-refractivity contribution is 5.96. The minimum absolute atomic E-state index is 0.294. The van der Waals surface area contributed by atoms with E-state index in [1.165, 1.54) is 0 Å². The monoisotopic (exact) mass is 273 g/mol. The Morgan fingerprint density at radius 3 is 2.26 bits per heavy atom. The number of amides is 1. The number of benzene rings is 1. The van der Waals surface area contributed by atoms with E-state index < -0.39 is 18.6 Å². The van der Waals surface area contributed by atoms with E-state index in [0.29, 0.717) is 5.56 Å². The molecule has 0 saturated heterocycles. The van der Waals surface area contributed by atoms with Crippen LogP contribution in [0.25, 0.3) is 0 Å². The summed E-state index contributed by atoms with van der Waals surface area (Å²) in [6.07, 6.45) is -4.40. The molecule has 1 rings (SSSR count). The number of aryl methyl sites for hydroxylation is 1. The summed E-state index contributed by atoms with van der Waals surface area (Å²) in [7, 11) is 0. The van der Waals surface area contributed by atoms with Gasteiger partial charge in [-0.3, -0.25) is 4.79 Å². The lowest BCUT2D eigenvalue weighted by atomic mass is 9.82. The van der Waals surface area contributed by atoms with Crippen molar-refractivity contribution in [3.05, 3.63) is 34.9 Å². The predicted octanol–water partition coefficient (Wildman–Crippen LogP) is 3.58. The molecular formula is C14H18F3NO. The molecule has 0 heterocycles. The number of hydrogen-bond acceptors (Lipinski definition) is 1. The first kappa shape index (κ1) is 15.5. The Balaban J connectivity index is 3.03. The topological polar surface area (TPSA) is 29.1 Å². The van der Waals surface area contributed by atoms with Crippen molar-refractivity contribution in [1.29, 1.82) is 0 Å². The van der Waals surface area contributed by atoms with Gasteiger partial charge in [0, 0.05) is 5.56 Å². The molecule has 0 aliphatic heterocycles. The molecule has 1 aromatic carbocycles. The van der Waals surface area contributed by atoms with E-state index in [1.54, 1.807) is 12.1 Å². The van der Waals surface area contributed by atoms with Gasteiger partial charge in [0.2, 0.25) is 0 Å². The Morgan fingerprint density at radius 1 is 1.21 bits per heavy atom. The van der Waals surface area contributed by atoms with E-state index in [4.69, 9.17) is 0 Å². The third-order valence-electron chi connectivity index (χ3n) is 2.68. The summed E-state index contributed by atoms with van der Waals surface area (Å²) in [6.45, 7) is 6.32. The molecule has 0 aromatic heterocycles. The lowest BCUT2D eigenvalue weighted by Crippen LogP contribution is -2.35. The fourth-order valence-electron chi connectivity index (χ4n) is 1.75. The Labute approximate surface area is 111 Å². The van der Waals surface area contributed by atoms with Crippen LogP contribution in [0.4, 0.5) is 13.2 Å². The second kappa shape index (κ2) is 5.23. The van der Waals surface area contributed by atoms with E-state index in [2.05, 4.69) is 0 Å². The highest BCUT2D eigenvalue weighted by Gasteiger charge is 2.29. The summed E-state index contributed by atoms with van der Waals surface area (Å²) in [5, 5.41) is 1.91. The number of rotatable bonds is 2. The number of hydrogen-bond donors (Lipinski definition) is 1. The van der Waals surface area contributed by atoms with Crippen LogP contribution in [0.2, 0.25) is 0 Å². The maximum atomic E-state index is 12.1. The first-order valence-corrected chi connectivity index (χ1v) is 5.97. The average molecular weight is 273 g/mol. The van der Waals surface area contributed by atoms with E-state index >= 15 is 0 Å². The Kier molecular flexibility index (Phi) is 4.28. The first-order valence-electron chi connectivity index (χ1n) is 5.97. The van der Waals surface area contributed by atoms with Gasteiger partial charge >= 0.3 is 6.18 Å². The molecule has 0 spiro atoms. The van der Waals surface area contributed by atoms with Crippen LogP contribution in [0.5, 0.6) is 0 Å². The van der Waals surface area contributed by atoms with Crippen molar-refractivity contribution in [2.75, 3.05) is 6.54 Å². The van der Waals surface area contributed by atoms with Gasteiger partial charge < -0.3 is 5.32 Å². The molecular weight excluding hydrogens is 255 g/mol. The maximum Gasteiger partial charge on any atom is 0.405 e. The van der Waals surface area contributed by atoms with Crippen molar-refractivity contribution < 1.29 is 18.0 Å². The zero-order valence-electron chi connectivity index (χ0n) is 11.5. The van der Waals surface area contributed by atoms with Crippen LogP contribution in [0, 0.1) is 6.92 Å². The zero-order chi connectivity index (χ0) is 14.8. The minimum Gasteiger partial charge on any atom is -0.343 e. The van der Waals surface area contributed by atoms with Crippen molar-refractivity contribution >= 4 is 5.91 Å². The van der Waals surface area contributed by atoms with Crippen LogP contribution < -0.4 is 5.32 Å². The van der Waals surface area contributed by atoms with Gasteiger partial charge in [-0.1, -0.05) is 38.5 Å². The molecule has 0 aliphatic carbocycles. The number of carbonyl (C=O) groups is 1. The Hall–Kier alpha value is -1.52. The summed E-state index contributed by atoms with van der Waals surface area (Å²) < 4.78 is 36.3. The van der Waals surface area contributed by atoms with Gasteiger partial charge in [0.15, 0.2) is 0 Å². The highest BCUT2D eigenvalue weighted by Crippen LogP contribution is 2.27. The molecule has 0 saturated carbocycles. The highest BCUT2D eigenvalue weighted by atomic mass is 19.4. The van der Waals surface area contributed by atoms with E-state index in [-0.39, 0.29) is 5.41 Å². The molecule has 0 aliphatic rings. The van der Waals surface area contributed by atoms with Gasteiger partial charge in [-0.25, -0.2) is 0 Å². The van der Waals surface area contributed by atoms with Gasteiger partial charge in [-0.05, 0) is 24.0 Å². The van der Waals surface area contributed by atoms with Gasteiger partial charge in [-0.2, -0.15) is 13.2 Å². The fraction of sp³-hybridized carbons (Fsp3) is 0.500. The average Bonchev–Trinajstić information content (AvgIpc) is 2.23. The summed E-state index contributed by atoms with van der Waals surface area (Å²) >= 11 is 0. The van der Waals surface area contributed by atoms with Gasteiger partial charge in [0.25, 0.3) is 5.91 Å². The van der Waals surface area contributed by atoms with Gasteiger partial charge in [0.1, 0.15) is 6.54 Å². The Morgan fingerprint density at radius 2 is 1.79 bits per heavy atom. The molecule has 1 aromatic rings. The largest absolute Gasteiger partial charge is 0.405 e. The third kappa shape index (κ3) is 4.58. The summed E-state index contributed by atoms with van der Waals surface area (Å²) in [6, 6.07) is 5.13. The van der Waals surface area contributed by atoms with Crippen LogP contribution in [-0.2, 0) is 5.41 Å². The number of alkyl halides is 3. The predicted molar refractivity (Wildman–Crippen MR) is 68.3 cm³/mol. The molecule has 0 radical (unpaired) electrons. The van der Waals surface area contributed by atoms with Gasteiger partial charge in [0.05, 0.1) is 0 Å². The third-order valence-corrected chi connectivity index (χ3v) is 2.68. The lowest BCUT2D eigenvalue weighted by molar-refractivity contribution is -0.123. The molecule has 0 atom stereocenters. The molecule has 0 bridgehead atoms. The van der Waals surface area contributed by atoms with Crippen molar-refractivity contribution in [2.45, 2.75) is 39.3 Å². The molecule has 1 N–H and O–H groups in total. The lowest BCUT2D eigenvalue weighted by Gasteiger charge is -2.23. The van der Waals surface area contributed by atoms with Crippen molar-refractivity contribution in [3.63, 3.8) is 0 Å². The quantitative estimate of drug-likeness (QED) is 0.876. The summed E-state index contributed by atoms with van der Waals surface area (Å²) in [5.41, 5.74) is 1.70. The molecule has 2 nitrogen and oxygen atoms in total. The van der Waals surface area contributed by atoms with Gasteiger partial charge in [-0.15, -0.1) is 0 Å². The molecule has 19 heavy (non-hydrogen) atoms. The van der Waals surface area contributed by atoms with Crippen LogP contribution in [-0.4, -0.2) is 18.6 Å².